The predicted octanol–water partition coefficient (Wildman–Crippen LogP) is 3.40. The van der Waals surface area contributed by atoms with Crippen LogP contribution in [-0.4, -0.2) is 27.7 Å². The highest BCUT2D eigenvalue weighted by Crippen LogP contribution is 2.37. The molecule has 2 aromatic carbocycles. The second-order valence-corrected chi connectivity index (χ2v) is 7.28. The first-order chi connectivity index (χ1) is 13.8. The molecule has 0 spiro atoms. The monoisotopic (exact) mass is 429 g/mol. The third-order valence-corrected chi connectivity index (χ3v) is 5.15. The van der Waals surface area contributed by atoms with Crippen molar-refractivity contribution in [3.8, 4) is 17.5 Å². The molecule has 8 nitrogen and oxygen atoms in total. The van der Waals surface area contributed by atoms with Crippen molar-refractivity contribution < 1.29 is 14.7 Å². The Labute approximate surface area is 174 Å². The summed E-state index contributed by atoms with van der Waals surface area (Å²) >= 11 is 13.0. The van der Waals surface area contributed by atoms with Crippen LogP contribution in [0.3, 0.4) is 0 Å². The van der Waals surface area contributed by atoms with Crippen molar-refractivity contribution >= 4 is 51.7 Å². The van der Waals surface area contributed by atoms with Crippen LogP contribution in [-0.2, 0) is 4.79 Å². The fraction of sp³-hybridized carbons (Fsp3) is 0.105. The first kappa shape index (κ1) is 19.1. The average molecular weight is 430 g/mol. The number of nitriles is 1. The molecule has 3 amide bonds. The number of nitrogens with one attached hydrogen (secondary N) is 2. The number of carbonyl (C=O) groups is 2. The predicted molar refractivity (Wildman–Crippen MR) is 108 cm³/mol. The average Bonchev–Trinajstić information content (AvgIpc) is 2.97. The van der Waals surface area contributed by atoms with Crippen LogP contribution in [0.4, 0.5) is 10.5 Å². The molecule has 0 aliphatic carbocycles. The van der Waals surface area contributed by atoms with E-state index in [1.165, 1.54) is 12.1 Å². The van der Waals surface area contributed by atoms with Gasteiger partial charge in [-0.3, -0.25) is 10.1 Å². The molecule has 10 heteroatoms. The maximum absolute atomic E-state index is 12.2. The topological polar surface area (TPSA) is 110 Å². The van der Waals surface area contributed by atoms with E-state index < -0.39 is 18.0 Å². The molecular weight excluding hydrogens is 417 g/mol. The van der Waals surface area contributed by atoms with Gasteiger partial charge in [0.1, 0.15) is 5.75 Å². The molecule has 1 saturated heterocycles. The Bertz CT molecular complexity index is 1210. The van der Waals surface area contributed by atoms with Crippen LogP contribution in [0.1, 0.15) is 5.56 Å². The maximum Gasteiger partial charge on any atom is 0.343 e. The van der Waals surface area contributed by atoms with E-state index in [2.05, 4.69) is 10.7 Å². The largest absolute Gasteiger partial charge is 0.508 e. The van der Waals surface area contributed by atoms with Gasteiger partial charge in [-0.1, -0.05) is 23.2 Å². The van der Waals surface area contributed by atoms with Crippen molar-refractivity contribution in [1.29, 1.82) is 5.26 Å². The minimum atomic E-state index is -1.23. The number of hydrogen-bond donors (Lipinski definition) is 3. The third-order valence-electron chi connectivity index (χ3n) is 4.57. The number of aromatic hydroxyl groups is 1. The smallest absolute Gasteiger partial charge is 0.343 e. The summed E-state index contributed by atoms with van der Waals surface area (Å²) in [5.41, 5.74) is 5.00. The number of aromatic nitrogens is 1. The van der Waals surface area contributed by atoms with Gasteiger partial charge in [-0.25, -0.2) is 9.80 Å². The second kappa shape index (κ2) is 6.97. The molecular formula is C19H13Cl2N5O3. The van der Waals surface area contributed by atoms with Crippen molar-refractivity contribution in [2.24, 2.45) is 0 Å². The number of hydrazine groups is 1. The van der Waals surface area contributed by atoms with Gasteiger partial charge in [-0.2, -0.15) is 10.7 Å². The van der Waals surface area contributed by atoms with Crippen molar-refractivity contribution in [2.45, 2.75) is 13.0 Å². The SMILES string of the molecule is Cc1cn(-c2c(Cl)cc(N3NC(C#N)C(=O)NC3=O)cc2Cl)c2ccc(O)cc12. The molecule has 4 rings (SSSR count). The van der Waals surface area contributed by atoms with E-state index in [1.807, 2.05) is 13.1 Å². The zero-order valence-electron chi connectivity index (χ0n) is 14.9. The number of aryl methyl sites for hydroxylation is 1. The lowest BCUT2D eigenvalue weighted by atomic mass is 10.2. The Hall–Kier alpha value is -3.25. The lowest BCUT2D eigenvalue weighted by Crippen LogP contribution is -2.64. The number of carbonyl (C=O) groups excluding carboxylic acids is 2. The van der Waals surface area contributed by atoms with Crippen LogP contribution in [0.15, 0.2) is 36.5 Å². The molecule has 3 aromatic rings. The van der Waals surface area contributed by atoms with Crippen LogP contribution in [0, 0.1) is 18.3 Å². The van der Waals surface area contributed by atoms with E-state index in [9.17, 15) is 14.7 Å². The Balaban J connectivity index is 1.81. The summed E-state index contributed by atoms with van der Waals surface area (Å²) < 4.78 is 1.80. The number of halogens is 2. The summed E-state index contributed by atoms with van der Waals surface area (Å²) in [6.07, 6.45) is 1.84. The summed E-state index contributed by atoms with van der Waals surface area (Å²) in [6.45, 7) is 1.90. The van der Waals surface area contributed by atoms with Crippen LogP contribution in [0.25, 0.3) is 16.6 Å². The molecule has 29 heavy (non-hydrogen) atoms. The van der Waals surface area contributed by atoms with Crippen molar-refractivity contribution in [2.75, 3.05) is 5.01 Å². The molecule has 2 heterocycles. The van der Waals surface area contributed by atoms with Crippen LogP contribution in [0.5, 0.6) is 5.75 Å². The first-order valence-corrected chi connectivity index (χ1v) is 9.16. The number of nitrogens with zero attached hydrogens (tertiary/aromatic N) is 3. The van der Waals surface area contributed by atoms with E-state index >= 15 is 0 Å². The third kappa shape index (κ3) is 3.15. The number of hydrogen-bond acceptors (Lipinski definition) is 5. The van der Waals surface area contributed by atoms with Gasteiger partial charge in [-0.05, 0) is 42.8 Å². The second-order valence-electron chi connectivity index (χ2n) is 6.46. The van der Waals surface area contributed by atoms with Crippen molar-refractivity contribution in [3.63, 3.8) is 0 Å². The number of fused-ring (bicyclic) bond motifs is 1. The molecule has 0 bridgehead atoms. The summed E-state index contributed by atoms with van der Waals surface area (Å²) in [7, 11) is 0. The fourth-order valence-corrected chi connectivity index (χ4v) is 3.90. The maximum atomic E-state index is 12.2. The zero-order valence-corrected chi connectivity index (χ0v) is 16.4. The Morgan fingerprint density at radius 2 is 1.86 bits per heavy atom. The lowest BCUT2D eigenvalue weighted by Gasteiger charge is -2.30. The van der Waals surface area contributed by atoms with Gasteiger partial charge < -0.3 is 9.67 Å². The minimum Gasteiger partial charge on any atom is -0.508 e. The van der Waals surface area contributed by atoms with Crippen LogP contribution >= 0.6 is 23.2 Å². The van der Waals surface area contributed by atoms with Gasteiger partial charge in [0.2, 0.25) is 0 Å². The van der Waals surface area contributed by atoms with Crippen molar-refractivity contribution in [3.05, 3.63) is 52.1 Å². The highest BCUT2D eigenvalue weighted by molar-refractivity contribution is 6.38. The van der Waals surface area contributed by atoms with E-state index in [0.717, 1.165) is 21.5 Å². The number of imide groups is 1. The first-order valence-electron chi connectivity index (χ1n) is 8.41. The number of phenolic OH excluding ortho intramolecular Hbond substituents is 1. The Morgan fingerprint density at radius 3 is 2.52 bits per heavy atom. The molecule has 1 aromatic heterocycles. The molecule has 1 atom stereocenters. The van der Waals surface area contributed by atoms with E-state index in [0.29, 0.717) is 5.69 Å². The van der Waals surface area contributed by atoms with E-state index in [4.69, 9.17) is 28.5 Å². The molecule has 1 aliphatic heterocycles. The van der Waals surface area contributed by atoms with Gasteiger partial charge in [0, 0.05) is 11.6 Å². The Kier molecular flexibility index (Phi) is 4.59. The number of anilines is 1. The van der Waals surface area contributed by atoms with Crippen LogP contribution in [0.2, 0.25) is 10.0 Å². The number of phenols is 1. The molecule has 3 N–H and O–H groups in total. The molecule has 0 saturated carbocycles. The standard InChI is InChI=1S/C19H13Cl2N5O3/c1-9-8-25(16-3-2-11(27)6-12(9)16)17-13(20)4-10(5-14(17)21)26-19(29)23-18(28)15(7-22)24-26/h2-6,8,15,24,27H,1H3,(H,23,28,29). The van der Waals surface area contributed by atoms with E-state index in [-0.39, 0.29) is 21.5 Å². The summed E-state index contributed by atoms with van der Waals surface area (Å²) in [6, 6.07) is 7.75. The summed E-state index contributed by atoms with van der Waals surface area (Å²) in [5, 5.41) is 23.2. The van der Waals surface area contributed by atoms with Crippen molar-refractivity contribution in [1.82, 2.24) is 15.3 Å². The van der Waals surface area contributed by atoms with Gasteiger partial charge in [-0.15, -0.1) is 0 Å². The fourth-order valence-electron chi connectivity index (χ4n) is 3.24. The Morgan fingerprint density at radius 1 is 1.17 bits per heavy atom. The van der Waals surface area contributed by atoms with Gasteiger partial charge >= 0.3 is 6.03 Å². The van der Waals surface area contributed by atoms with Gasteiger partial charge in [0.05, 0.1) is 33.0 Å². The molecule has 1 fully saturated rings. The van der Waals surface area contributed by atoms with Gasteiger partial charge in [0.25, 0.3) is 5.91 Å². The zero-order chi connectivity index (χ0) is 20.9. The van der Waals surface area contributed by atoms with Gasteiger partial charge in [0.15, 0.2) is 6.04 Å². The van der Waals surface area contributed by atoms with Crippen LogP contribution < -0.4 is 15.8 Å². The molecule has 1 aliphatic rings. The van der Waals surface area contributed by atoms with E-state index in [1.54, 1.807) is 28.8 Å². The highest BCUT2D eigenvalue weighted by atomic mass is 35.5. The summed E-state index contributed by atoms with van der Waals surface area (Å²) in [4.78, 5) is 23.8. The normalized spacial score (nSPS) is 16.8. The minimum absolute atomic E-state index is 0.148. The lowest BCUT2D eigenvalue weighted by molar-refractivity contribution is -0.121. The number of amides is 3. The molecule has 146 valence electrons. The highest BCUT2D eigenvalue weighted by Gasteiger charge is 2.33. The number of rotatable bonds is 2. The number of urea groups is 1. The number of benzene rings is 2. The quantitative estimate of drug-likeness (QED) is 0.577. The molecule has 0 radical (unpaired) electrons. The summed E-state index contributed by atoms with van der Waals surface area (Å²) in [5.74, 6) is -0.588. The molecule has 1 unspecified atom stereocenters.